The summed E-state index contributed by atoms with van der Waals surface area (Å²) in [6, 6.07) is 7.97. The topological polar surface area (TPSA) is 45.1 Å². The van der Waals surface area contributed by atoms with Crippen LogP contribution >= 0.6 is 11.6 Å². The van der Waals surface area contributed by atoms with Crippen LogP contribution in [0, 0.1) is 0 Å². The van der Waals surface area contributed by atoms with Crippen LogP contribution in [0.2, 0.25) is 5.02 Å². The molecule has 0 fully saturated rings. The van der Waals surface area contributed by atoms with E-state index in [4.69, 9.17) is 16.3 Å². The number of amides is 1. The van der Waals surface area contributed by atoms with Crippen LogP contribution in [0.4, 0.5) is 4.79 Å². The minimum atomic E-state index is -0.473. The van der Waals surface area contributed by atoms with E-state index in [1.54, 1.807) is 0 Å². The molecule has 6 heteroatoms. The minimum Gasteiger partial charge on any atom is -0.444 e. The molecule has 1 aromatic carbocycles. The van der Waals surface area contributed by atoms with E-state index < -0.39 is 5.60 Å². The van der Waals surface area contributed by atoms with Crippen LogP contribution in [0.5, 0.6) is 0 Å². The van der Waals surface area contributed by atoms with Gasteiger partial charge in [0, 0.05) is 43.0 Å². The minimum absolute atomic E-state index is 0.234. The second-order valence-corrected chi connectivity index (χ2v) is 8.40. The lowest BCUT2D eigenvalue weighted by molar-refractivity contribution is 0.0257. The maximum absolute atomic E-state index is 12.4. The Morgan fingerprint density at radius 3 is 2.70 bits per heavy atom. The molecule has 146 valence electrons. The highest BCUT2D eigenvalue weighted by Gasteiger charge is 2.27. The number of carbonyl (C=O) groups is 1. The molecule has 0 saturated carbocycles. The molecule has 2 aliphatic rings. The van der Waals surface area contributed by atoms with Crippen LogP contribution in [-0.2, 0) is 11.2 Å². The molecular weight excluding hydrogens is 362 g/mol. The summed E-state index contributed by atoms with van der Waals surface area (Å²) >= 11 is 6.29. The highest BCUT2D eigenvalue weighted by Crippen LogP contribution is 2.26. The van der Waals surface area contributed by atoms with Crippen LogP contribution in [0.3, 0.4) is 0 Å². The average Bonchev–Trinajstić information content (AvgIpc) is 2.83. The first-order chi connectivity index (χ1) is 12.8. The number of aliphatic imine (C=N–C) groups is 1. The van der Waals surface area contributed by atoms with E-state index in [0.29, 0.717) is 19.8 Å². The van der Waals surface area contributed by atoms with Crippen LogP contribution in [-0.4, -0.2) is 54.0 Å². The van der Waals surface area contributed by atoms with Crippen molar-refractivity contribution in [3.05, 3.63) is 46.1 Å². The summed E-state index contributed by atoms with van der Waals surface area (Å²) in [4.78, 5) is 21.1. The summed E-state index contributed by atoms with van der Waals surface area (Å²) in [6.07, 6.45) is 4.24. The Labute approximate surface area is 166 Å². The molecule has 0 N–H and O–H groups in total. The van der Waals surface area contributed by atoms with Crippen molar-refractivity contribution in [1.82, 2.24) is 9.80 Å². The van der Waals surface area contributed by atoms with Crippen molar-refractivity contribution in [2.45, 2.75) is 45.6 Å². The number of hydrogen-bond acceptors (Lipinski definition) is 4. The Kier molecular flexibility index (Phi) is 6.10. The summed E-state index contributed by atoms with van der Waals surface area (Å²) in [5, 5.41) is 0.809. The van der Waals surface area contributed by atoms with Gasteiger partial charge >= 0.3 is 6.09 Å². The van der Waals surface area contributed by atoms with E-state index in [-0.39, 0.29) is 6.09 Å². The van der Waals surface area contributed by atoms with Gasteiger partial charge in [-0.05, 0) is 50.8 Å². The third kappa shape index (κ3) is 5.25. The van der Waals surface area contributed by atoms with Gasteiger partial charge in [-0.15, -0.1) is 0 Å². The molecule has 0 atom stereocenters. The van der Waals surface area contributed by atoms with Crippen LogP contribution in [0.15, 0.2) is 40.5 Å². The van der Waals surface area contributed by atoms with Gasteiger partial charge in [0.05, 0.1) is 0 Å². The Hall–Kier alpha value is -2.01. The molecule has 0 bridgehead atoms. The maximum atomic E-state index is 12.4. The molecular formula is C21H28ClN3O2. The van der Waals surface area contributed by atoms with E-state index in [9.17, 15) is 4.79 Å². The zero-order chi connectivity index (χ0) is 19.4. The normalized spacial score (nSPS) is 17.6. The van der Waals surface area contributed by atoms with Gasteiger partial charge in [0.15, 0.2) is 0 Å². The second kappa shape index (κ2) is 8.34. The zero-order valence-electron chi connectivity index (χ0n) is 16.4. The van der Waals surface area contributed by atoms with Gasteiger partial charge in [-0.2, -0.15) is 0 Å². The van der Waals surface area contributed by atoms with E-state index in [1.165, 1.54) is 11.3 Å². The number of rotatable bonds is 3. The molecule has 1 amide bonds. The first-order valence-corrected chi connectivity index (χ1v) is 9.89. The first kappa shape index (κ1) is 19.7. The Balaban J connectivity index is 1.64. The molecule has 0 radical (unpaired) electrons. The molecule has 5 nitrogen and oxygen atoms in total. The quantitative estimate of drug-likeness (QED) is 0.763. The molecule has 3 rings (SSSR count). The van der Waals surface area contributed by atoms with Crippen molar-refractivity contribution in [2.75, 3.05) is 26.3 Å². The molecule has 0 spiro atoms. The van der Waals surface area contributed by atoms with Crippen LogP contribution in [0.1, 0.15) is 39.2 Å². The Morgan fingerprint density at radius 2 is 1.96 bits per heavy atom. The Morgan fingerprint density at radius 1 is 1.22 bits per heavy atom. The molecule has 2 aliphatic heterocycles. The predicted octanol–water partition coefficient (Wildman–Crippen LogP) is 4.51. The highest BCUT2D eigenvalue weighted by molar-refractivity contribution is 6.31. The van der Waals surface area contributed by atoms with Crippen molar-refractivity contribution >= 4 is 23.9 Å². The van der Waals surface area contributed by atoms with Gasteiger partial charge in [0.1, 0.15) is 12.3 Å². The van der Waals surface area contributed by atoms with Gasteiger partial charge in [-0.25, -0.2) is 4.79 Å². The van der Waals surface area contributed by atoms with Gasteiger partial charge in [0.2, 0.25) is 0 Å². The summed E-state index contributed by atoms with van der Waals surface area (Å²) in [6.45, 7) is 8.56. The second-order valence-electron chi connectivity index (χ2n) is 8.00. The maximum Gasteiger partial charge on any atom is 0.410 e. The standard InChI is InChI=1S/C21H28ClN3O2/c1-21(2,3)27-20(26)24-11-9-17-14-23-15-25(19(17)10-13-24)12-8-16-6-4-5-7-18(16)22/h4-7,14H,8-13,15H2,1-3H3. The predicted molar refractivity (Wildman–Crippen MR) is 109 cm³/mol. The number of hydrogen-bond donors (Lipinski definition) is 0. The largest absolute Gasteiger partial charge is 0.444 e. The summed E-state index contributed by atoms with van der Waals surface area (Å²) in [7, 11) is 0. The van der Waals surface area contributed by atoms with Crippen molar-refractivity contribution in [1.29, 1.82) is 0 Å². The monoisotopic (exact) mass is 389 g/mol. The zero-order valence-corrected chi connectivity index (χ0v) is 17.1. The van der Waals surface area contributed by atoms with Crippen molar-refractivity contribution < 1.29 is 9.53 Å². The van der Waals surface area contributed by atoms with Gasteiger partial charge in [-0.3, -0.25) is 4.99 Å². The molecule has 27 heavy (non-hydrogen) atoms. The van der Waals surface area contributed by atoms with Gasteiger partial charge in [0.25, 0.3) is 0 Å². The van der Waals surface area contributed by atoms with Gasteiger partial charge in [-0.1, -0.05) is 29.8 Å². The Bertz CT molecular complexity index is 752. The summed E-state index contributed by atoms with van der Waals surface area (Å²) < 4.78 is 5.54. The SMILES string of the molecule is CC(C)(C)OC(=O)N1CCC2=C(CC1)N(CCc1ccccc1Cl)CN=C2. The molecule has 2 heterocycles. The van der Waals surface area contributed by atoms with Crippen molar-refractivity contribution in [3.8, 4) is 0 Å². The number of nitrogens with zero attached hydrogens (tertiary/aromatic N) is 3. The third-order valence-corrected chi connectivity index (χ3v) is 5.15. The lowest BCUT2D eigenvalue weighted by Crippen LogP contribution is -2.37. The molecule has 0 aliphatic carbocycles. The van der Waals surface area contributed by atoms with E-state index in [2.05, 4.69) is 16.0 Å². The van der Waals surface area contributed by atoms with Crippen LogP contribution in [0.25, 0.3) is 0 Å². The highest BCUT2D eigenvalue weighted by atomic mass is 35.5. The molecule has 0 aromatic heterocycles. The number of carbonyl (C=O) groups excluding carboxylic acids is 1. The van der Waals surface area contributed by atoms with Crippen molar-refractivity contribution in [2.24, 2.45) is 4.99 Å². The molecule has 0 saturated heterocycles. The average molecular weight is 390 g/mol. The van der Waals surface area contributed by atoms with E-state index >= 15 is 0 Å². The first-order valence-electron chi connectivity index (χ1n) is 9.51. The smallest absolute Gasteiger partial charge is 0.410 e. The molecule has 1 aromatic rings. The fourth-order valence-corrected chi connectivity index (χ4v) is 3.65. The van der Waals surface area contributed by atoms with E-state index in [1.807, 2.05) is 50.1 Å². The molecule has 0 unspecified atom stereocenters. The number of benzene rings is 1. The fourth-order valence-electron chi connectivity index (χ4n) is 3.42. The summed E-state index contributed by atoms with van der Waals surface area (Å²) in [5.74, 6) is 0. The van der Waals surface area contributed by atoms with Gasteiger partial charge < -0.3 is 14.5 Å². The number of halogens is 1. The lowest BCUT2D eigenvalue weighted by Gasteiger charge is -2.30. The van der Waals surface area contributed by atoms with Crippen molar-refractivity contribution in [3.63, 3.8) is 0 Å². The van der Waals surface area contributed by atoms with Crippen LogP contribution < -0.4 is 0 Å². The number of ether oxygens (including phenoxy) is 1. The third-order valence-electron chi connectivity index (χ3n) is 4.78. The lowest BCUT2D eigenvalue weighted by atomic mass is 10.1. The summed E-state index contributed by atoms with van der Waals surface area (Å²) in [5.41, 5.74) is 3.20. The van der Waals surface area contributed by atoms with E-state index in [0.717, 1.165) is 36.4 Å². The fraction of sp³-hybridized carbons (Fsp3) is 0.524.